The van der Waals surface area contributed by atoms with Gasteiger partial charge in [-0.05, 0) is 25.5 Å². The molecular formula is C15H24BrN3. The molecule has 0 aromatic heterocycles. The van der Waals surface area contributed by atoms with Crippen molar-refractivity contribution in [2.75, 3.05) is 32.7 Å². The monoisotopic (exact) mass is 325 g/mol. The van der Waals surface area contributed by atoms with Crippen LogP contribution in [0.25, 0.3) is 0 Å². The van der Waals surface area contributed by atoms with E-state index in [-0.39, 0.29) is 0 Å². The summed E-state index contributed by atoms with van der Waals surface area (Å²) in [6, 6.07) is 9.39. The Morgan fingerprint density at radius 1 is 1.11 bits per heavy atom. The fraction of sp³-hybridized carbons (Fsp3) is 0.600. The van der Waals surface area contributed by atoms with Gasteiger partial charge in [-0.2, -0.15) is 0 Å². The number of nitrogens with zero attached hydrogens (tertiary/aromatic N) is 2. The summed E-state index contributed by atoms with van der Waals surface area (Å²) < 4.78 is 1.16. The van der Waals surface area contributed by atoms with E-state index in [9.17, 15) is 0 Å². The molecule has 1 saturated heterocycles. The van der Waals surface area contributed by atoms with Gasteiger partial charge in [-0.3, -0.25) is 9.80 Å². The fourth-order valence-corrected chi connectivity index (χ4v) is 3.33. The summed E-state index contributed by atoms with van der Waals surface area (Å²) >= 11 is 3.65. The van der Waals surface area contributed by atoms with Crippen molar-refractivity contribution in [3.63, 3.8) is 0 Å². The highest BCUT2D eigenvalue weighted by atomic mass is 79.9. The van der Waals surface area contributed by atoms with Crippen molar-refractivity contribution in [1.82, 2.24) is 9.80 Å². The van der Waals surface area contributed by atoms with E-state index in [1.807, 2.05) is 0 Å². The normalized spacial score (nSPS) is 19.8. The van der Waals surface area contributed by atoms with E-state index in [1.54, 1.807) is 0 Å². The van der Waals surface area contributed by atoms with E-state index in [1.165, 1.54) is 5.56 Å². The standard InChI is InChI=1S/C15H24BrN3/c1-12(2)18-7-9-19(10-8-18)15(11-17)13-5-3-4-6-14(13)16/h3-6,12,15H,7-11,17H2,1-2H3. The van der Waals surface area contributed by atoms with Gasteiger partial charge in [0.25, 0.3) is 0 Å². The minimum atomic E-state index is 0.324. The van der Waals surface area contributed by atoms with Crippen molar-refractivity contribution in [2.24, 2.45) is 5.73 Å². The zero-order valence-corrected chi connectivity index (χ0v) is 13.4. The lowest BCUT2D eigenvalue weighted by Crippen LogP contribution is -2.50. The highest BCUT2D eigenvalue weighted by molar-refractivity contribution is 9.10. The van der Waals surface area contributed by atoms with Crippen LogP contribution in [-0.4, -0.2) is 48.6 Å². The Kier molecular flexibility index (Phi) is 5.39. The van der Waals surface area contributed by atoms with E-state index >= 15 is 0 Å². The second-order valence-electron chi connectivity index (χ2n) is 5.44. The molecule has 0 radical (unpaired) electrons. The lowest BCUT2D eigenvalue weighted by Gasteiger charge is -2.40. The van der Waals surface area contributed by atoms with Gasteiger partial charge in [-0.15, -0.1) is 0 Å². The zero-order chi connectivity index (χ0) is 13.8. The van der Waals surface area contributed by atoms with E-state index in [0.717, 1.165) is 30.7 Å². The molecule has 0 spiro atoms. The second-order valence-corrected chi connectivity index (χ2v) is 6.29. The van der Waals surface area contributed by atoms with Crippen LogP contribution in [0.3, 0.4) is 0 Å². The number of piperazine rings is 1. The predicted molar refractivity (Wildman–Crippen MR) is 84.2 cm³/mol. The number of nitrogens with two attached hydrogens (primary N) is 1. The number of halogens is 1. The van der Waals surface area contributed by atoms with Crippen molar-refractivity contribution in [3.05, 3.63) is 34.3 Å². The quantitative estimate of drug-likeness (QED) is 0.923. The highest BCUT2D eigenvalue weighted by Crippen LogP contribution is 2.28. The van der Waals surface area contributed by atoms with Gasteiger partial charge in [0.05, 0.1) is 0 Å². The molecule has 1 aromatic carbocycles. The Hall–Kier alpha value is -0.420. The molecule has 1 atom stereocenters. The lowest BCUT2D eigenvalue weighted by atomic mass is 10.0. The van der Waals surface area contributed by atoms with Crippen LogP contribution in [0.15, 0.2) is 28.7 Å². The summed E-state index contributed by atoms with van der Waals surface area (Å²) in [6.07, 6.45) is 0. The molecule has 2 N–H and O–H groups in total. The summed E-state index contributed by atoms with van der Waals surface area (Å²) in [5, 5.41) is 0. The largest absolute Gasteiger partial charge is 0.329 e. The van der Waals surface area contributed by atoms with Crippen LogP contribution in [0.5, 0.6) is 0 Å². The van der Waals surface area contributed by atoms with Crippen LogP contribution in [-0.2, 0) is 0 Å². The first-order valence-corrected chi connectivity index (χ1v) is 7.85. The van der Waals surface area contributed by atoms with Crippen molar-refractivity contribution in [1.29, 1.82) is 0 Å². The molecule has 0 amide bonds. The topological polar surface area (TPSA) is 32.5 Å². The number of hydrogen-bond acceptors (Lipinski definition) is 3. The third-order valence-electron chi connectivity index (χ3n) is 4.01. The molecule has 4 heteroatoms. The van der Waals surface area contributed by atoms with E-state index in [2.05, 4.69) is 63.8 Å². The van der Waals surface area contributed by atoms with Crippen LogP contribution in [0.2, 0.25) is 0 Å². The van der Waals surface area contributed by atoms with Gasteiger partial charge < -0.3 is 5.73 Å². The maximum Gasteiger partial charge on any atom is 0.0482 e. The molecule has 0 saturated carbocycles. The molecule has 2 rings (SSSR count). The highest BCUT2D eigenvalue weighted by Gasteiger charge is 2.25. The average molecular weight is 326 g/mol. The molecule has 0 aliphatic carbocycles. The summed E-state index contributed by atoms with van der Waals surface area (Å²) in [5.74, 6) is 0. The van der Waals surface area contributed by atoms with Gasteiger partial charge in [0.1, 0.15) is 0 Å². The zero-order valence-electron chi connectivity index (χ0n) is 11.8. The second kappa shape index (κ2) is 6.84. The van der Waals surface area contributed by atoms with Gasteiger partial charge in [-0.1, -0.05) is 34.1 Å². The third kappa shape index (κ3) is 3.57. The first-order valence-electron chi connectivity index (χ1n) is 7.06. The Morgan fingerprint density at radius 2 is 1.68 bits per heavy atom. The predicted octanol–water partition coefficient (Wildman–Crippen LogP) is 2.47. The number of rotatable bonds is 4. The minimum Gasteiger partial charge on any atom is -0.329 e. The summed E-state index contributed by atoms with van der Waals surface area (Å²) in [5.41, 5.74) is 7.33. The van der Waals surface area contributed by atoms with Gasteiger partial charge in [0.15, 0.2) is 0 Å². The first kappa shape index (κ1) is 15.0. The number of benzene rings is 1. The molecule has 1 aliphatic heterocycles. The molecule has 3 nitrogen and oxygen atoms in total. The smallest absolute Gasteiger partial charge is 0.0482 e. The summed E-state index contributed by atoms with van der Waals surface area (Å²) in [4.78, 5) is 5.04. The minimum absolute atomic E-state index is 0.324. The van der Waals surface area contributed by atoms with Crippen molar-refractivity contribution < 1.29 is 0 Å². The van der Waals surface area contributed by atoms with E-state index in [0.29, 0.717) is 18.6 Å². The van der Waals surface area contributed by atoms with Crippen LogP contribution in [0.4, 0.5) is 0 Å². The van der Waals surface area contributed by atoms with Crippen LogP contribution in [0, 0.1) is 0 Å². The molecule has 1 aliphatic rings. The fourth-order valence-electron chi connectivity index (χ4n) is 2.78. The van der Waals surface area contributed by atoms with E-state index in [4.69, 9.17) is 5.73 Å². The molecule has 1 unspecified atom stereocenters. The van der Waals surface area contributed by atoms with Gasteiger partial charge >= 0.3 is 0 Å². The molecule has 1 fully saturated rings. The first-order chi connectivity index (χ1) is 9.13. The van der Waals surface area contributed by atoms with Gasteiger partial charge in [0.2, 0.25) is 0 Å². The average Bonchev–Trinajstić information content (AvgIpc) is 2.42. The Morgan fingerprint density at radius 3 is 2.21 bits per heavy atom. The van der Waals surface area contributed by atoms with Crippen molar-refractivity contribution in [2.45, 2.75) is 25.9 Å². The van der Waals surface area contributed by atoms with Gasteiger partial charge in [-0.25, -0.2) is 0 Å². The molecule has 19 heavy (non-hydrogen) atoms. The molecule has 1 aromatic rings. The Balaban J connectivity index is 2.06. The summed E-state index contributed by atoms with van der Waals surface area (Å²) in [6.45, 7) is 9.68. The summed E-state index contributed by atoms with van der Waals surface area (Å²) in [7, 11) is 0. The third-order valence-corrected chi connectivity index (χ3v) is 4.73. The molecular weight excluding hydrogens is 302 g/mol. The van der Waals surface area contributed by atoms with Crippen molar-refractivity contribution >= 4 is 15.9 Å². The Bertz CT molecular complexity index is 400. The maximum absolute atomic E-state index is 6.02. The van der Waals surface area contributed by atoms with Crippen LogP contribution >= 0.6 is 15.9 Å². The maximum atomic E-state index is 6.02. The van der Waals surface area contributed by atoms with Gasteiger partial charge in [0, 0.05) is 49.3 Å². The van der Waals surface area contributed by atoms with E-state index < -0.39 is 0 Å². The van der Waals surface area contributed by atoms with Crippen LogP contribution in [0.1, 0.15) is 25.5 Å². The molecule has 106 valence electrons. The lowest BCUT2D eigenvalue weighted by molar-refractivity contribution is 0.0800. The molecule has 0 bridgehead atoms. The van der Waals surface area contributed by atoms with Crippen molar-refractivity contribution in [3.8, 4) is 0 Å². The molecule has 1 heterocycles. The Labute approximate surface area is 124 Å². The van der Waals surface area contributed by atoms with Crippen LogP contribution < -0.4 is 5.73 Å². The SMILES string of the molecule is CC(C)N1CCN(C(CN)c2ccccc2Br)CC1. The number of hydrogen-bond donors (Lipinski definition) is 1.